The van der Waals surface area contributed by atoms with Crippen molar-refractivity contribution in [1.82, 2.24) is 15.1 Å². The van der Waals surface area contributed by atoms with E-state index in [1.54, 1.807) is 35.1 Å². The number of nitrogens with one attached hydrogen (secondary N) is 2. The molecule has 2 N–H and O–H groups in total. The summed E-state index contributed by atoms with van der Waals surface area (Å²) >= 11 is 0. The summed E-state index contributed by atoms with van der Waals surface area (Å²) in [5, 5.41) is 10.0. The average Bonchev–Trinajstić information content (AvgIpc) is 3.06. The van der Waals surface area contributed by atoms with E-state index in [-0.39, 0.29) is 23.9 Å². The third-order valence-corrected chi connectivity index (χ3v) is 4.10. The van der Waals surface area contributed by atoms with Crippen LogP contribution in [0.25, 0.3) is 0 Å². The molecule has 0 bridgehead atoms. The van der Waals surface area contributed by atoms with Gasteiger partial charge in [0.25, 0.3) is 11.8 Å². The molecule has 134 valence electrons. The highest BCUT2D eigenvalue weighted by atomic mass is 16.2. The van der Waals surface area contributed by atoms with E-state index in [1.165, 1.54) is 0 Å². The summed E-state index contributed by atoms with van der Waals surface area (Å²) < 4.78 is 1.74. The molecule has 6 nitrogen and oxygen atoms in total. The van der Waals surface area contributed by atoms with Crippen LogP contribution in [0.4, 0.5) is 5.69 Å². The molecule has 6 heteroatoms. The van der Waals surface area contributed by atoms with E-state index in [4.69, 9.17) is 0 Å². The average molecular weight is 342 g/mol. The van der Waals surface area contributed by atoms with Crippen LogP contribution in [0.2, 0.25) is 0 Å². The molecular weight excluding hydrogens is 316 g/mol. The maximum absolute atomic E-state index is 12.3. The Labute approximate surface area is 148 Å². The number of carbonyl (C=O) groups excluding carboxylic acids is 2. The fraction of sp³-hybridized carbons (Fsp3) is 0.421. The van der Waals surface area contributed by atoms with Gasteiger partial charge in [-0.15, -0.1) is 0 Å². The lowest BCUT2D eigenvalue weighted by Gasteiger charge is -2.13. The van der Waals surface area contributed by atoms with Crippen LogP contribution in [0.15, 0.2) is 30.5 Å². The van der Waals surface area contributed by atoms with Crippen LogP contribution >= 0.6 is 0 Å². The zero-order valence-electron chi connectivity index (χ0n) is 15.5. The standard InChI is InChI=1S/C19H26N4O2/c1-6-14(5)20-18(24)15-7-8-16(13(4)11-15)21-19(25)17-9-10-23(22-17)12(2)3/h7-12,14H,6H2,1-5H3,(H,20,24)(H,21,25). The third kappa shape index (κ3) is 4.68. The molecule has 0 radical (unpaired) electrons. The quantitative estimate of drug-likeness (QED) is 0.843. The van der Waals surface area contributed by atoms with Gasteiger partial charge < -0.3 is 10.6 Å². The van der Waals surface area contributed by atoms with Crippen LogP contribution in [0.3, 0.4) is 0 Å². The predicted octanol–water partition coefficient (Wildman–Crippen LogP) is 3.55. The summed E-state index contributed by atoms with van der Waals surface area (Å²) in [6.07, 6.45) is 2.66. The maximum atomic E-state index is 12.3. The Morgan fingerprint density at radius 3 is 2.44 bits per heavy atom. The van der Waals surface area contributed by atoms with Crippen molar-refractivity contribution >= 4 is 17.5 Å². The van der Waals surface area contributed by atoms with E-state index in [1.807, 2.05) is 34.6 Å². The Bertz CT molecular complexity index is 765. The van der Waals surface area contributed by atoms with Crippen molar-refractivity contribution in [3.05, 3.63) is 47.3 Å². The molecule has 0 saturated heterocycles. The van der Waals surface area contributed by atoms with Crippen molar-refractivity contribution < 1.29 is 9.59 Å². The molecule has 0 aliphatic heterocycles. The van der Waals surface area contributed by atoms with Gasteiger partial charge in [0.2, 0.25) is 0 Å². The zero-order valence-corrected chi connectivity index (χ0v) is 15.5. The number of amides is 2. The van der Waals surface area contributed by atoms with Gasteiger partial charge in [0.1, 0.15) is 0 Å². The van der Waals surface area contributed by atoms with Gasteiger partial charge in [-0.2, -0.15) is 5.10 Å². The van der Waals surface area contributed by atoms with Gasteiger partial charge in [0.15, 0.2) is 5.69 Å². The van der Waals surface area contributed by atoms with Gasteiger partial charge in [-0.05, 0) is 63.9 Å². The maximum Gasteiger partial charge on any atom is 0.276 e. The van der Waals surface area contributed by atoms with Crippen LogP contribution < -0.4 is 10.6 Å². The SMILES string of the molecule is CCC(C)NC(=O)c1ccc(NC(=O)c2ccn(C(C)C)n2)c(C)c1. The van der Waals surface area contributed by atoms with Crippen molar-refractivity contribution in [3.8, 4) is 0 Å². The first-order valence-corrected chi connectivity index (χ1v) is 8.59. The Balaban J connectivity index is 2.09. The molecule has 1 atom stereocenters. The third-order valence-electron chi connectivity index (χ3n) is 4.10. The van der Waals surface area contributed by atoms with Gasteiger partial charge in [0.05, 0.1) is 0 Å². The van der Waals surface area contributed by atoms with E-state index in [0.29, 0.717) is 16.9 Å². The van der Waals surface area contributed by atoms with Crippen LogP contribution in [0.5, 0.6) is 0 Å². The Hall–Kier alpha value is -2.63. The number of aryl methyl sites for hydroxylation is 1. The van der Waals surface area contributed by atoms with Crippen molar-refractivity contribution in [3.63, 3.8) is 0 Å². The minimum Gasteiger partial charge on any atom is -0.350 e. The fourth-order valence-corrected chi connectivity index (χ4v) is 2.29. The molecule has 2 aromatic rings. The molecule has 1 unspecified atom stereocenters. The van der Waals surface area contributed by atoms with Crippen molar-refractivity contribution in [2.45, 2.75) is 53.1 Å². The van der Waals surface area contributed by atoms with Crippen LogP contribution in [0, 0.1) is 6.92 Å². The molecular formula is C19H26N4O2. The minimum atomic E-state index is -0.265. The fourth-order valence-electron chi connectivity index (χ4n) is 2.29. The Morgan fingerprint density at radius 1 is 1.16 bits per heavy atom. The molecule has 0 fully saturated rings. The van der Waals surface area contributed by atoms with E-state index in [2.05, 4.69) is 15.7 Å². The number of carbonyl (C=O) groups is 2. The van der Waals surface area contributed by atoms with E-state index in [0.717, 1.165) is 12.0 Å². The second-order valence-corrected chi connectivity index (χ2v) is 6.54. The Kier molecular flexibility index (Phi) is 5.96. The molecule has 0 aliphatic rings. The summed E-state index contributed by atoms with van der Waals surface area (Å²) in [5.74, 6) is -0.370. The molecule has 0 aliphatic carbocycles. The molecule has 0 spiro atoms. The minimum absolute atomic E-state index is 0.106. The number of rotatable bonds is 6. The molecule has 0 saturated carbocycles. The van der Waals surface area contributed by atoms with Crippen LogP contribution in [-0.4, -0.2) is 27.6 Å². The number of anilines is 1. The summed E-state index contributed by atoms with van der Waals surface area (Å²) in [7, 11) is 0. The topological polar surface area (TPSA) is 76.0 Å². The lowest BCUT2D eigenvalue weighted by Crippen LogP contribution is -2.31. The summed E-state index contributed by atoms with van der Waals surface area (Å²) in [4.78, 5) is 24.5. The highest BCUT2D eigenvalue weighted by Crippen LogP contribution is 2.18. The second-order valence-electron chi connectivity index (χ2n) is 6.54. The highest BCUT2D eigenvalue weighted by molar-refractivity contribution is 6.03. The Morgan fingerprint density at radius 2 is 1.88 bits per heavy atom. The normalized spacial score (nSPS) is 12.1. The van der Waals surface area contributed by atoms with Gasteiger partial charge in [0, 0.05) is 29.5 Å². The molecule has 1 heterocycles. The smallest absolute Gasteiger partial charge is 0.276 e. The van der Waals surface area contributed by atoms with Crippen molar-refractivity contribution in [1.29, 1.82) is 0 Å². The zero-order chi connectivity index (χ0) is 18.6. The number of hydrogen-bond acceptors (Lipinski definition) is 3. The van der Waals surface area contributed by atoms with Crippen molar-refractivity contribution in [2.24, 2.45) is 0 Å². The largest absolute Gasteiger partial charge is 0.350 e. The predicted molar refractivity (Wildman–Crippen MR) is 99.0 cm³/mol. The number of benzene rings is 1. The first-order valence-electron chi connectivity index (χ1n) is 8.59. The second kappa shape index (κ2) is 7.96. The number of aromatic nitrogens is 2. The lowest BCUT2D eigenvalue weighted by molar-refractivity contribution is 0.0938. The van der Waals surface area contributed by atoms with Crippen LogP contribution in [0.1, 0.15) is 66.6 Å². The van der Waals surface area contributed by atoms with E-state index < -0.39 is 0 Å². The summed E-state index contributed by atoms with van der Waals surface area (Å²) in [5.41, 5.74) is 2.45. The first-order chi connectivity index (χ1) is 11.8. The van der Waals surface area contributed by atoms with E-state index >= 15 is 0 Å². The first kappa shape index (κ1) is 18.7. The summed E-state index contributed by atoms with van der Waals surface area (Å²) in [6.45, 7) is 9.86. The molecule has 1 aromatic carbocycles. The number of hydrogen-bond donors (Lipinski definition) is 2. The molecule has 25 heavy (non-hydrogen) atoms. The van der Waals surface area contributed by atoms with Crippen LogP contribution in [-0.2, 0) is 0 Å². The summed E-state index contributed by atoms with van der Waals surface area (Å²) in [6, 6.07) is 7.26. The highest BCUT2D eigenvalue weighted by Gasteiger charge is 2.14. The van der Waals surface area contributed by atoms with Gasteiger partial charge >= 0.3 is 0 Å². The molecule has 2 rings (SSSR count). The van der Waals surface area contributed by atoms with Gasteiger partial charge in [-0.25, -0.2) is 0 Å². The van der Waals surface area contributed by atoms with Crippen molar-refractivity contribution in [2.75, 3.05) is 5.32 Å². The number of nitrogens with zero attached hydrogens (tertiary/aromatic N) is 2. The van der Waals surface area contributed by atoms with Gasteiger partial charge in [-0.3, -0.25) is 14.3 Å². The lowest BCUT2D eigenvalue weighted by atomic mass is 10.1. The monoisotopic (exact) mass is 342 g/mol. The molecule has 2 amide bonds. The van der Waals surface area contributed by atoms with Gasteiger partial charge in [-0.1, -0.05) is 6.92 Å². The molecule has 1 aromatic heterocycles. The van der Waals surface area contributed by atoms with E-state index in [9.17, 15) is 9.59 Å².